The summed E-state index contributed by atoms with van der Waals surface area (Å²) < 4.78 is 16.5. The van der Waals surface area contributed by atoms with Crippen molar-refractivity contribution in [3.8, 4) is 0 Å². The third-order valence-electron chi connectivity index (χ3n) is 3.73. The van der Waals surface area contributed by atoms with Crippen LogP contribution in [-0.4, -0.2) is 32.1 Å². The summed E-state index contributed by atoms with van der Waals surface area (Å²) in [7, 11) is 1.57. The van der Waals surface area contributed by atoms with Crippen LogP contribution in [0.4, 0.5) is 0 Å². The van der Waals surface area contributed by atoms with Crippen molar-refractivity contribution in [2.75, 3.05) is 13.7 Å². The zero-order valence-corrected chi connectivity index (χ0v) is 12.4. The molecule has 0 aliphatic carbocycles. The Morgan fingerprint density at radius 2 is 2.19 bits per heavy atom. The van der Waals surface area contributed by atoms with Crippen molar-refractivity contribution in [3.05, 3.63) is 48.6 Å². The second-order valence-corrected chi connectivity index (χ2v) is 5.17. The van der Waals surface area contributed by atoms with Gasteiger partial charge in [0.1, 0.15) is 0 Å². The molecule has 2 rings (SSSR count). The predicted molar refractivity (Wildman–Crippen MR) is 79.7 cm³/mol. The number of rotatable bonds is 5. The van der Waals surface area contributed by atoms with E-state index in [0.717, 1.165) is 19.3 Å². The Balaban J connectivity index is 2.15. The summed E-state index contributed by atoms with van der Waals surface area (Å²) >= 11 is 0. The van der Waals surface area contributed by atoms with Crippen molar-refractivity contribution in [2.45, 2.75) is 31.7 Å². The third-order valence-corrected chi connectivity index (χ3v) is 3.73. The lowest BCUT2D eigenvalue weighted by atomic mass is 9.90. The zero-order valence-electron chi connectivity index (χ0n) is 12.4. The van der Waals surface area contributed by atoms with Gasteiger partial charge in [0.2, 0.25) is 0 Å². The fraction of sp³-hybridized carbons (Fsp3) is 0.471. The molecule has 4 heteroatoms. The highest BCUT2D eigenvalue weighted by Gasteiger charge is 2.35. The van der Waals surface area contributed by atoms with Gasteiger partial charge >= 0.3 is 5.97 Å². The van der Waals surface area contributed by atoms with Crippen LogP contribution in [0.2, 0.25) is 0 Å². The summed E-state index contributed by atoms with van der Waals surface area (Å²) in [5, 5.41) is 0. The van der Waals surface area contributed by atoms with Gasteiger partial charge in [-0.05, 0) is 24.8 Å². The smallest absolute Gasteiger partial charge is 0.330 e. The summed E-state index contributed by atoms with van der Waals surface area (Å²) in [6.07, 6.45) is 2.94. The van der Waals surface area contributed by atoms with E-state index in [-0.39, 0.29) is 5.92 Å². The van der Waals surface area contributed by atoms with E-state index >= 15 is 0 Å². The molecule has 1 heterocycles. The highest BCUT2D eigenvalue weighted by molar-refractivity contribution is 5.81. The summed E-state index contributed by atoms with van der Waals surface area (Å²) in [4.78, 5) is 11.6. The molecule has 0 aromatic heterocycles. The van der Waals surface area contributed by atoms with E-state index < -0.39 is 18.4 Å². The molecule has 21 heavy (non-hydrogen) atoms. The minimum Gasteiger partial charge on any atom is -0.453 e. The average Bonchev–Trinajstić information content (AvgIpc) is 2.71. The standard InChI is InChI=1S/C17H22O4/c1-3-15(18)21-16-14(10-7-11-20-17(16)19-2)12-13-8-5-4-6-9-13/h3-6,8-9,14,16-17H,1,7,10-12H2,2H3/t14-,16+,17?/m1/s1. The maximum atomic E-state index is 11.6. The second kappa shape index (κ2) is 7.96. The summed E-state index contributed by atoms with van der Waals surface area (Å²) in [6.45, 7) is 4.07. The minimum atomic E-state index is -0.523. The Labute approximate surface area is 125 Å². The first-order chi connectivity index (χ1) is 10.2. The van der Waals surface area contributed by atoms with E-state index in [4.69, 9.17) is 14.2 Å². The van der Waals surface area contributed by atoms with Crippen LogP contribution in [0.1, 0.15) is 18.4 Å². The van der Waals surface area contributed by atoms with E-state index in [1.54, 1.807) is 7.11 Å². The number of hydrogen-bond donors (Lipinski definition) is 0. The van der Waals surface area contributed by atoms with Crippen LogP contribution in [-0.2, 0) is 25.4 Å². The summed E-state index contributed by atoms with van der Waals surface area (Å²) in [5.74, 6) is -0.269. The lowest BCUT2D eigenvalue weighted by molar-refractivity contribution is -0.200. The van der Waals surface area contributed by atoms with Crippen LogP contribution in [0.15, 0.2) is 43.0 Å². The van der Waals surface area contributed by atoms with Crippen molar-refractivity contribution >= 4 is 5.97 Å². The molecule has 1 unspecified atom stereocenters. The van der Waals surface area contributed by atoms with E-state index in [2.05, 4.69) is 18.7 Å². The van der Waals surface area contributed by atoms with Crippen molar-refractivity contribution in [1.82, 2.24) is 0 Å². The average molecular weight is 290 g/mol. The van der Waals surface area contributed by atoms with Gasteiger partial charge in [-0.2, -0.15) is 0 Å². The topological polar surface area (TPSA) is 44.8 Å². The zero-order chi connectivity index (χ0) is 15.1. The van der Waals surface area contributed by atoms with Crippen molar-refractivity contribution in [1.29, 1.82) is 0 Å². The Morgan fingerprint density at radius 1 is 1.43 bits per heavy atom. The first-order valence-corrected chi connectivity index (χ1v) is 7.26. The van der Waals surface area contributed by atoms with Crippen LogP contribution < -0.4 is 0 Å². The van der Waals surface area contributed by atoms with Gasteiger partial charge in [-0.3, -0.25) is 0 Å². The van der Waals surface area contributed by atoms with E-state index in [1.165, 1.54) is 11.6 Å². The van der Waals surface area contributed by atoms with Gasteiger partial charge in [-0.25, -0.2) is 4.79 Å². The Hall–Kier alpha value is -1.65. The molecule has 4 nitrogen and oxygen atoms in total. The van der Waals surface area contributed by atoms with Gasteiger partial charge in [0.15, 0.2) is 12.4 Å². The Kier molecular flexibility index (Phi) is 5.96. The van der Waals surface area contributed by atoms with E-state index in [9.17, 15) is 4.79 Å². The molecular weight excluding hydrogens is 268 g/mol. The molecule has 0 amide bonds. The molecule has 1 aromatic carbocycles. The molecule has 1 aliphatic heterocycles. The second-order valence-electron chi connectivity index (χ2n) is 5.17. The van der Waals surface area contributed by atoms with Crippen LogP contribution >= 0.6 is 0 Å². The third kappa shape index (κ3) is 4.41. The molecule has 0 N–H and O–H groups in total. The van der Waals surface area contributed by atoms with Crippen molar-refractivity contribution in [3.63, 3.8) is 0 Å². The molecule has 1 aliphatic rings. The van der Waals surface area contributed by atoms with Gasteiger partial charge in [-0.1, -0.05) is 36.9 Å². The minimum absolute atomic E-state index is 0.170. The fourth-order valence-electron chi connectivity index (χ4n) is 2.70. The molecule has 114 valence electrons. The van der Waals surface area contributed by atoms with E-state index in [1.807, 2.05) is 18.2 Å². The molecule has 0 radical (unpaired) electrons. The molecule has 3 atom stereocenters. The number of ether oxygens (including phenoxy) is 3. The normalized spacial score (nSPS) is 25.9. The van der Waals surface area contributed by atoms with Gasteiger partial charge in [0, 0.05) is 25.7 Å². The van der Waals surface area contributed by atoms with Crippen LogP contribution in [0.25, 0.3) is 0 Å². The molecule has 0 spiro atoms. The molecule has 1 saturated heterocycles. The maximum Gasteiger partial charge on any atom is 0.330 e. The van der Waals surface area contributed by atoms with Crippen molar-refractivity contribution < 1.29 is 19.0 Å². The number of carbonyl (C=O) groups excluding carboxylic acids is 1. The molecule has 0 bridgehead atoms. The predicted octanol–water partition coefficient (Wildman–Crippen LogP) is 2.73. The first-order valence-electron chi connectivity index (χ1n) is 7.26. The Bertz CT molecular complexity index is 457. The molecule has 1 aromatic rings. The number of esters is 1. The monoisotopic (exact) mass is 290 g/mol. The first kappa shape index (κ1) is 15.7. The van der Waals surface area contributed by atoms with Crippen LogP contribution in [0.3, 0.4) is 0 Å². The Morgan fingerprint density at radius 3 is 2.86 bits per heavy atom. The van der Waals surface area contributed by atoms with Gasteiger partial charge in [0.25, 0.3) is 0 Å². The van der Waals surface area contributed by atoms with Crippen LogP contribution in [0, 0.1) is 5.92 Å². The van der Waals surface area contributed by atoms with Crippen LogP contribution in [0.5, 0.6) is 0 Å². The molecule has 1 fully saturated rings. The molecule has 0 saturated carbocycles. The highest BCUT2D eigenvalue weighted by Crippen LogP contribution is 2.27. The fourth-order valence-corrected chi connectivity index (χ4v) is 2.70. The van der Waals surface area contributed by atoms with Gasteiger partial charge < -0.3 is 14.2 Å². The van der Waals surface area contributed by atoms with Gasteiger partial charge in [-0.15, -0.1) is 0 Å². The van der Waals surface area contributed by atoms with Gasteiger partial charge in [0.05, 0.1) is 0 Å². The number of benzene rings is 1. The summed E-state index contributed by atoms with van der Waals surface area (Å²) in [6, 6.07) is 10.2. The SMILES string of the molecule is C=CC(=O)O[C@@H]1C(OC)OCCC[C@@H]1Cc1ccccc1. The van der Waals surface area contributed by atoms with Crippen molar-refractivity contribution in [2.24, 2.45) is 5.92 Å². The lowest BCUT2D eigenvalue weighted by Gasteiger charge is -2.29. The van der Waals surface area contributed by atoms with E-state index in [0.29, 0.717) is 6.61 Å². The number of carbonyl (C=O) groups is 1. The lowest BCUT2D eigenvalue weighted by Crippen LogP contribution is -2.39. The quantitative estimate of drug-likeness (QED) is 0.618. The largest absolute Gasteiger partial charge is 0.453 e. The number of methoxy groups -OCH3 is 1. The maximum absolute atomic E-state index is 11.6. The number of hydrogen-bond acceptors (Lipinski definition) is 4. The molecular formula is C17H22O4. The highest BCUT2D eigenvalue weighted by atomic mass is 16.7. The summed E-state index contributed by atoms with van der Waals surface area (Å²) in [5.41, 5.74) is 1.22.